The van der Waals surface area contributed by atoms with Gasteiger partial charge in [-0.3, -0.25) is 4.79 Å². The van der Waals surface area contributed by atoms with Gasteiger partial charge in [-0.15, -0.1) is 0 Å². The number of hydrogen-bond donors (Lipinski definition) is 1. The van der Waals surface area contributed by atoms with Crippen LogP contribution >= 0.6 is 0 Å². The Morgan fingerprint density at radius 1 is 1.08 bits per heavy atom. The quantitative estimate of drug-likeness (QED) is 0.808. The van der Waals surface area contributed by atoms with Crippen LogP contribution in [0.5, 0.6) is 0 Å². The second-order valence-electron chi connectivity index (χ2n) is 6.36. The Labute approximate surface area is 148 Å². The fraction of sp³-hybridized carbons (Fsp3) is 0.316. The molecule has 0 bridgehead atoms. The van der Waals surface area contributed by atoms with Crippen LogP contribution in [0.1, 0.15) is 29.9 Å². The summed E-state index contributed by atoms with van der Waals surface area (Å²) in [6, 6.07) is 14.5. The van der Waals surface area contributed by atoms with Crippen LogP contribution in [0, 0.1) is 6.92 Å². The second kappa shape index (κ2) is 6.98. The molecule has 0 radical (unpaired) electrons. The van der Waals surface area contributed by atoms with Gasteiger partial charge in [-0.25, -0.2) is 13.1 Å². The molecular weight excluding hydrogens is 336 g/mol. The molecule has 2 aromatic rings. The van der Waals surface area contributed by atoms with Gasteiger partial charge in [0.1, 0.15) is 0 Å². The van der Waals surface area contributed by atoms with E-state index in [2.05, 4.69) is 4.72 Å². The third-order valence-corrected chi connectivity index (χ3v) is 6.07. The molecule has 5 nitrogen and oxygen atoms in total. The van der Waals surface area contributed by atoms with Crippen LogP contribution in [-0.4, -0.2) is 27.9 Å². The van der Waals surface area contributed by atoms with Crippen LogP contribution in [0.2, 0.25) is 0 Å². The fourth-order valence-electron chi connectivity index (χ4n) is 3.17. The lowest BCUT2D eigenvalue weighted by molar-refractivity contribution is -0.119. The number of benzene rings is 2. The maximum atomic E-state index is 12.4. The van der Waals surface area contributed by atoms with Crippen molar-refractivity contribution in [3.8, 4) is 0 Å². The van der Waals surface area contributed by atoms with Crippen LogP contribution in [0.25, 0.3) is 0 Å². The fourth-order valence-corrected chi connectivity index (χ4v) is 4.24. The number of aryl methyl sites for hydroxylation is 1. The highest BCUT2D eigenvalue weighted by Gasteiger charge is 2.34. The highest BCUT2D eigenvalue weighted by molar-refractivity contribution is 7.89. The molecule has 1 aliphatic heterocycles. The van der Waals surface area contributed by atoms with E-state index in [0.29, 0.717) is 19.4 Å². The average molecular weight is 358 g/mol. The first-order valence-corrected chi connectivity index (χ1v) is 9.81. The lowest BCUT2D eigenvalue weighted by atomic mass is 9.96. The van der Waals surface area contributed by atoms with Gasteiger partial charge in [0, 0.05) is 19.3 Å². The summed E-state index contributed by atoms with van der Waals surface area (Å²) < 4.78 is 27.2. The number of fused-ring (bicyclic) bond motifs is 1. The molecule has 1 amide bonds. The van der Waals surface area contributed by atoms with E-state index in [4.69, 9.17) is 0 Å². The van der Waals surface area contributed by atoms with E-state index >= 15 is 0 Å². The van der Waals surface area contributed by atoms with Crippen molar-refractivity contribution in [1.82, 2.24) is 4.72 Å². The van der Waals surface area contributed by atoms with Crippen molar-refractivity contribution in [3.05, 3.63) is 59.7 Å². The molecule has 0 saturated carbocycles. The van der Waals surface area contributed by atoms with Gasteiger partial charge in [-0.1, -0.05) is 35.9 Å². The van der Waals surface area contributed by atoms with Crippen LogP contribution < -0.4 is 9.62 Å². The molecule has 6 heteroatoms. The largest absolute Gasteiger partial charge is 0.315 e. The maximum absolute atomic E-state index is 12.4. The molecule has 1 heterocycles. The predicted octanol–water partition coefficient (Wildman–Crippen LogP) is 2.81. The average Bonchev–Trinajstić information content (AvgIpc) is 2.84. The number of carbonyl (C=O) groups is 1. The van der Waals surface area contributed by atoms with E-state index in [1.807, 2.05) is 31.2 Å². The molecule has 25 heavy (non-hydrogen) atoms. The number of sulfonamides is 1. The molecule has 1 atom stereocenters. The summed E-state index contributed by atoms with van der Waals surface area (Å²) in [7, 11) is -1.72. The number of likely N-dealkylation sites (N-methyl/N-ethyl adjacent to an activating group) is 1. The highest BCUT2D eigenvalue weighted by atomic mass is 32.2. The summed E-state index contributed by atoms with van der Waals surface area (Å²) in [4.78, 5) is 14.3. The molecule has 0 spiro atoms. The first-order chi connectivity index (χ1) is 11.9. The van der Waals surface area contributed by atoms with Gasteiger partial charge in [-0.2, -0.15) is 0 Å². The Hall–Kier alpha value is -2.18. The van der Waals surface area contributed by atoms with Crippen molar-refractivity contribution in [2.45, 2.75) is 30.6 Å². The maximum Gasteiger partial charge on any atom is 0.240 e. The monoisotopic (exact) mass is 358 g/mol. The Morgan fingerprint density at radius 2 is 1.76 bits per heavy atom. The SMILES string of the molecule is Cc1ccc(S(=O)(=O)NCCCC2C(=O)N(C)c3ccccc32)cc1. The number of nitrogens with zero attached hydrogens (tertiary/aromatic N) is 1. The minimum atomic E-state index is -3.50. The third kappa shape index (κ3) is 3.60. The minimum absolute atomic E-state index is 0.0718. The first kappa shape index (κ1) is 17.6. The smallest absolute Gasteiger partial charge is 0.240 e. The molecule has 0 aromatic heterocycles. The Kier molecular flexibility index (Phi) is 4.92. The van der Waals surface area contributed by atoms with Gasteiger partial charge in [0.25, 0.3) is 0 Å². The van der Waals surface area contributed by atoms with Gasteiger partial charge in [0.05, 0.1) is 10.8 Å². The standard InChI is InChI=1S/C19H22N2O3S/c1-14-9-11-15(12-10-14)25(23,24)20-13-5-7-17-16-6-3-4-8-18(16)21(2)19(17)22/h3-4,6,8-12,17,20H,5,7,13H2,1-2H3. The van der Waals surface area contributed by atoms with Gasteiger partial charge >= 0.3 is 0 Å². The molecule has 0 aliphatic carbocycles. The molecule has 1 N–H and O–H groups in total. The Balaban J connectivity index is 1.59. The van der Waals surface area contributed by atoms with E-state index < -0.39 is 10.0 Å². The summed E-state index contributed by atoms with van der Waals surface area (Å²) in [5.74, 6) is -0.118. The topological polar surface area (TPSA) is 66.5 Å². The summed E-state index contributed by atoms with van der Waals surface area (Å²) in [5, 5.41) is 0. The van der Waals surface area contributed by atoms with E-state index in [9.17, 15) is 13.2 Å². The van der Waals surface area contributed by atoms with Crippen LogP contribution in [0.15, 0.2) is 53.4 Å². The molecule has 0 fully saturated rings. The van der Waals surface area contributed by atoms with Gasteiger partial charge in [0.2, 0.25) is 15.9 Å². The summed E-state index contributed by atoms with van der Waals surface area (Å²) >= 11 is 0. The zero-order valence-corrected chi connectivity index (χ0v) is 15.2. The van der Waals surface area contributed by atoms with E-state index in [0.717, 1.165) is 16.8 Å². The van der Waals surface area contributed by atoms with Crippen molar-refractivity contribution in [1.29, 1.82) is 0 Å². The van der Waals surface area contributed by atoms with Crippen LogP contribution in [-0.2, 0) is 14.8 Å². The molecular formula is C19H22N2O3S. The number of amides is 1. The van der Waals surface area contributed by atoms with Crippen molar-refractivity contribution in [3.63, 3.8) is 0 Å². The van der Waals surface area contributed by atoms with Crippen molar-refractivity contribution >= 4 is 21.6 Å². The molecule has 1 unspecified atom stereocenters. The second-order valence-corrected chi connectivity index (χ2v) is 8.13. The summed E-state index contributed by atoms with van der Waals surface area (Å²) in [6.07, 6.45) is 1.22. The number of anilines is 1. The van der Waals surface area contributed by atoms with Crippen LogP contribution in [0.4, 0.5) is 5.69 Å². The third-order valence-electron chi connectivity index (χ3n) is 4.60. The summed E-state index contributed by atoms with van der Waals surface area (Å²) in [5.41, 5.74) is 2.98. The first-order valence-electron chi connectivity index (χ1n) is 8.33. The Bertz CT molecular complexity index is 876. The van der Waals surface area contributed by atoms with Gasteiger partial charge in [0.15, 0.2) is 0 Å². The van der Waals surface area contributed by atoms with Crippen molar-refractivity contribution in [2.75, 3.05) is 18.5 Å². The van der Waals surface area contributed by atoms with Crippen LogP contribution in [0.3, 0.4) is 0 Å². The van der Waals surface area contributed by atoms with Crippen molar-refractivity contribution < 1.29 is 13.2 Å². The molecule has 0 saturated heterocycles. The molecule has 3 rings (SSSR count). The van der Waals surface area contributed by atoms with E-state index in [1.54, 1.807) is 36.2 Å². The minimum Gasteiger partial charge on any atom is -0.315 e. The number of carbonyl (C=O) groups excluding carboxylic acids is 1. The van der Waals surface area contributed by atoms with Crippen molar-refractivity contribution in [2.24, 2.45) is 0 Å². The predicted molar refractivity (Wildman–Crippen MR) is 98.2 cm³/mol. The number of hydrogen-bond acceptors (Lipinski definition) is 3. The van der Waals surface area contributed by atoms with Gasteiger partial charge < -0.3 is 4.90 Å². The normalized spacial score (nSPS) is 17.0. The number of para-hydroxylation sites is 1. The number of nitrogens with one attached hydrogen (secondary N) is 1. The lowest BCUT2D eigenvalue weighted by Gasteiger charge is -2.11. The van der Waals surface area contributed by atoms with Gasteiger partial charge in [-0.05, 0) is 43.5 Å². The molecule has 2 aromatic carbocycles. The lowest BCUT2D eigenvalue weighted by Crippen LogP contribution is -2.27. The summed E-state index contributed by atoms with van der Waals surface area (Å²) in [6.45, 7) is 2.23. The van der Waals surface area contributed by atoms with E-state index in [1.165, 1.54) is 0 Å². The molecule has 1 aliphatic rings. The molecule has 132 valence electrons. The Morgan fingerprint density at radius 3 is 2.48 bits per heavy atom. The number of rotatable bonds is 6. The highest BCUT2D eigenvalue weighted by Crippen LogP contribution is 2.38. The van der Waals surface area contributed by atoms with E-state index in [-0.39, 0.29) is 16.7 Å². The zero-order valence-electron chi connectivity index (χ0n) is 14.4. The zero-order chi connectivity index (χ0) is 18.0.